The van der Waals surface area contributed by atoms with E-state index in [0.29, 0.717) is 6.29 Å². The third kappa shape index (κ3) is 4.17. The Morgan fingerprint density at radius 2 is 2.00 bits per heavy atom. The Labute approximate surface area is 111 Å². The highest BCUT2D eigenvalue weighted by atomic mass is 16.6. The van der Waals surface area contributed by atoms with Gasteiger partial charge in [0, 0.05) is 5.56 Å². The van der Waals surface area contributed by atoms with Crippen LogP contribution in [0.3, 0.4) is 0 Å². The van der Waals surface area contributed by atoms with E-state index < -0.39 is 11.7 Å². The van der Waals surface area contributed by atoms with Crippen LogP contribution < -0.4 is 10.1 Å². The van der Waals surface area contributed by atoms with Gasteiger partial charge in [0.25, 0.3) is 0 Å². The van der Waals surface area contributed by atoms with Gasteiger partial charge in [0.2, 0.25) is 0 Å². The molecule has 1 amide bonds. The first-order chi connectivity index (χ1) is 8.76. The van der Waals surface area contributed by atoms with Crippen LogP contribution in [0.1, 0.15) is 31.1 Å². The third-order valence-corrected chi connectivity index (χ3v) is 2.09. The van der Waals surface area contributed by atoms with Crippen LogP contribution in [0.5, 0.6) is 11.5 Å². The summed E-state index contributed by atoms with van der Waals surface area (Å²) in [6, 6.07) is 2.63. The lowest BCUT2D eigenvalue weighted by molar-refractivity contribution is 0.0634. The minimum atomic E-state index is -0.722. The van der Waals surface area contributed by atoms with Crippen molar-refractivity contribution in [2.24, 2.45) is 0 Å². The first-order valence-corrected chi connectivity index (χ1v) is 5.63. The lowest BCUT2D eigenvalue weighted by atomic mass is 10.2. The number of ether oxygens (including phenoxy) is 2. The van der Waals surface area contributed by atoms with Crippen LogP contribution in [0.15, 0.2) is 12.1 Å². The lowest BCUT2D eigenvalue weighted by Gasteiger charge is -2.20. The highest BCUT2D eigenvalue weighted by Gasteiger charge is 2.19. The van der Waals surface area contributed by atoms with Crippen molar-refractivity contribution in [1.29, 1.82) is 0 Å². The van der Waals surface area contributed by atoms with Gasteiger partial charge in [-0.3, -0.25) is 10.1 Å². The summed E-state index contributed by atoms with van der Waals surface area (Å²) in [6.45, 7) is 5.16. The maximum Gasteiger partial charge on any atom is 0.412 e. The summed E-state index contributed by atoms with van der Waals surface area (Å²) in [4.78, 5) is 22.3. The second kappa shape index (κ2) is 5.60. The van der Waals surface area contributed by atoms with Gasteiger partial charge < -0.3 is 14.6 Å². The van der Waals surface area contributed by atoms with Gasteiger partial charge in [0.15, 0.2) is 0 Å². The average molecular weight is 267 g/mol. The smallest absolute Gasteiger partial charge is 0.412 e. The number of nitrogens with one attached hydrogen (secondary N) is 1. The maximum atomic E-state index is 11.6. The molecule has 0 aliphatic rings. The number of aromatic hydroxyl groups is 1. The molecule has 6 nitrogen and oxygen atoms in total. The number of phenols is 1. The second-order valence-electron chi connectivity index (χ2n) is 4.86. The Morgan fingerprint density at radius 3 is 2.47 bits per heavy atom. The zero-order valence-corrected chi connectivity index (χ0v) is 11.3. The van der Waals surface area contributed by atoms with Gasteiger partial charge in [0.1, 0.15) is 29.1 Å². The van der Waals surface area contributed by atoms with E-state index in [0.717, 1.165) is 0 Å². The standard InChI is InChI=1S/C13H17NO5/c1-13(2,3)19-12(17)14-11-9(16)5-8(7-15)6-10(11)18-4/h5-7,16H,1-4H3,(H,14,17). The third-order valence-electron chi connectivity index (χ3n) is 2.09. The van der Waals surface area contributed by atoms with Crippen molar-refractivity contribution in [1.82, 2.24) is 0 Å². The SMILES string of the molecule is COc1cc(C=O)cc(O)c1NC(=O)OC(C)(C)C. The van der Waals surface area contributed by atoms with Crippen LogP contribution in [-0.4, -0.2) is 30.2 Å². The molecule has 1 aromatic rings. The second-order valence-corrected chi connectivity index (χ2v) is 4.86. The van der Waals surface area contributed by atoms with Crippen molar-refractivity contribution < 1.29 is 24.2 Å². The Kier molecular flexibility index (Phi) is 4.37. The molecule has 19 heavy (non-hydrogen) atoms. The normalized spacial score (nSPS) is 10.7. The van der Waals surface area contributed by atoms with Crippen molar-refractivity contribution in [3.05, 3.63) is 17.7 Å². The summed E-state index contributed by atoms with van der Waals surface area (Å²) in [5.74, 6) is -0.0970. The van der Waals surface area contributed by atoms with Gasteiger partial charge >= 0.3 is 6.09 Å². The summed E-state index contributed by atoms with van der Waals surface area (Å²) in [7, 11) is 1.36. The predicted octanol–water partition coefficient (Wildman–Crippen LogP) is 2.56. The maximum absolute atomic E-state index is 11.6. The molecular formula is C13H17NO5. The van der Waals surface area contributed by atoms with E-state index in [2.05, 4.69) is 5.32 Å². The highest BCUT2D eigenvalue weighted by Crippen LogP contribution is 2.35. The van der Waals surface area contributed by atoms with Crippen LogP contribution in [-0.2, 0) is 4.74 Å². The van der Waals surface area contributed by atoms with Gasteiger partial charge in [-0.15, -0.1) is 0 Å². The molecular weight excluding hydrogens is 250 g/mol. The molecule has 0 aromatic heterocycles. The van der Waals surface area contributed by atoms with E-state index in [1.165, 1.54) is 19.2 Å². The monoisotopic (exact) mass is 267 g/mol. The summed E-state index contributed by atoms with van der Waals surface area (Å²) >= 11 is 0. The summed E-state index contributed by atoms with van der Waals surface area (Å²) in [6.07, 6.45) is -0.153. The molecule has 0 saturated heterocycles. The Bertz CT molecular complexity index is 491. The van der Waals surface area contributed by atoms with E-state index in [-0.39, 0.29) is 22.7 Å². The minimum absolute atomic E-state index is 0.0577. The van der Waals surface area contributed by atoms with Crippen LogP contribution >= 0.6 is 0 Å². The van der Waals surface area contributed by atoms with E-state index in [4.69, 9.17) is 9.47 Å². The zero-order chi connectivity index (χ0) is 14.6. The van der Waals surface area contributed by atoms with Crippen LogP contribution in [0, 0.1) is 0 Å². The van der Waals surface area contributed by atoms with Crippen molar-refractivity contribution in [2.75, 3.05) is 12.4 Å². The highest BCUT2D eigenvalue weighted by molar-refractivity contribution is 5.91. The van der Waals surface area contributed by atoms with Crippen molar-refractivity contribution in [2.45, 2.75) is 26.4 Å². The molecule has 0 aliphatic carbocycles. The molecule has 0 atom stereocenters. The molecule has 0 saturated carbocycles. The van der Waals surface area contributed by atoms with Crippen molar-refractivity contribution in [3.8, 4) is 11.5 Å². The van der Waals surface area contributed by atoms with Gasteiger partial charge in [0.05, 0.1) is 7.11 Å². The number of amides is 1. The largest absolute Gasteiger partial charge is 0.506 e. The van der Waals surface area contributed by atoms with Gasteiger partial charge in [-0.2, -0.15) is 0 Å². The molecule has 0 heterocycles. The molecule has 2 N–H and O–H groups in total. The fraction of sp³-hybridized carbons (Fsp3) is 0.385. The van der Waals surface area contributed by atoms with Gasteiger partial charge in [-0.1, -0.05) is 0 Å². The quantitative estimate of drug-likeness (QED) is 0.649. The number of carbonyl (C=O) groups excluding carboxylic acids is 2. The van der Waals surface area contributed by atoms with E-state index in [1.807, 2.05) is 0 Å². The fourth-order valence-electron chi connectivity index (χ4n) is 1.38. The van der Waals surface area contributed by atoms with Crippen LogP contribution in [0.4, 0.5) is 10.5 Å². The summed E-state index contributed by atoms with van der Waals surface area (Å²) < 4.78 is 10.1. The van der Waals surface area contributed by atoms with Gasteiger partial charge in [-0.05, 0) is 32.9 Å². The molecule has 0 fully saturated rings. The average Bonchev–Trinajstić information content (AvgIpc) is 2.29. The number of hydrogen-bond donors (Lipinski definition) is 2. The first-order valence-electron chi connectivity index (χ1n) is 5.63. The Balaban J connectivity index is 3.00. The van der Waals surface area contributed by atoms with Crippen LogP contribution in [0.25, 0.3) is 0 Å². The summed E-state index contributed by atoms with van der Waals surface area (Å²) in [5.41, 5.74) is -0.359. The number of benzene rings is 1. The number of hydrogen-bond acceptors (Lipinski definition) is 5. The summed E-state index contributed by atoms with van der Waals surface area (Å²) in [5, 5.41) is 12.2. The fourth-order valence-corrected chi connectivity index (χ4v) is 1.38. The van der Waals surface area contributed by atoms with E-state index in [1.54, 1.807) is 20.8 Å². The number of methoxy groups -OCH3 is 1. The van der Waals surface area contributed by atoms with Crippen molar-refractivity contribution in [3.63, 3.8) is 0 Å². The number of carbonyl (C=O) groups is 2. The van der Waals surface area contributed by atoms with E-state index in [9.17, 15) is 14.7 Å². The molecule has 0 spiro atoms. The number of phenolic OH excluding ortho intramolecular Hbond substituents is 1. The Morgan fingerprint density at radius 1 is 1.37 bits per heavy atom. The lowest BCUT2D eigenvalue weighted by Crippen LogP contribution is -2.27. The molecule has 0 bridgehead atoms. The first kappa shape index (κ1) is 14.8. The number of rotatable bonds is 3. The van der Waals surface area contributed by atoms with Gasteiger partial charge in [-0.25, -0.2) is 4.79 Å². The van der Waals surface area contributed by atoms with E-state index >= 15 is 0 Å². The molecule has 6 heteroatoms. The molecule has 1 aromatic carbocycles. The molecule has 0 aliphatic heterocycles. The number of anilines is 1. The topological polar surface area (TPSA) is 84.9 Å². The molecule has 104 valence electrons. The zero-order valence-electron chi connectivity index (χ0n) is 11.3. The molecule has 1 rings (SSSR count). The number of aldehydes is 1. The van der Waals surface area contributed by atoms with Crippen molar-refractivity contribution >= 4 is 18.1 Å². The molecule has 0 radical (unpaired) electrons. The van der Waals surface area contributed by atoms with Crippen LogP contribution in [0.2, 0.25) is 0 Å². The minimum Gasteiger partial charge on any atom is -0.506 e. The predicted molar refractivity (Wildman–Crippen MR) is 69.9 cm³/mol. The Hall–Kier alpha value is -2.24. The molecule has 0 unspecified atom stereocenters.